The summed E-state index contributed by atoms with van der Waals surface area (Å²) in [7, 11) is 0. The van der Waals surface area contributed by atoms with Gasteiger partial charge in [0.1, 0.15) is 0 Å². The van der Waals surface area contributed by atoms with Crippen LogP contribution < -0.4 is 5.32 Å². The maximum absolute atomic E-state index is 10.5. The van der Waals surface area contributed by atoms with Crippen molar-refractivity contribution in [3.63, 3.8) is 0 Å². The lowest BCUT2D eigenvalue weighted by molar-refractivity contribution is 0.0314. The van der Waals surface area contributed by atoms with Crippen LogP contribution >= 0.6 is 11.8 Å². The van der Waals surface area contributed by atoms with Crippen molar-refractivity contribution in [3.05, 3.63) is 35.9 Å². The van der Waals surface area contributed by atoms with Crippen LogP contribution in [0.2, 0.25) is 0 Å². The Kier molecular flexibility index (Phi) is 4.93. The number of hydrogen-bond acceptors (Lipinski definition) is 3. The van der Waals surface area contributed by atoms with E-state index in [0.717, 1.165) is 30.9 Å². The molecule has 1 aliphatic rings. The Morgan fingerprint density at radius 3 is 2.47 bits per heavy atom. The molecule has 1 heterocycles. The van der Waals surface area contributed by atoms with Gasteiger partial charge in [-0.2, -0.15) is 11.8 Å². The Hall–Kier alpha value is -0.510. The molecule has 1 aromatic rings. The van der Waals surface area contributed by atoms with Gasteiger partial charge in [-0.05, 0) is 29.9 Å². The molecule has 0 aromatic heterocycles. The molecule has 1 aliphatic heterocycles. The van der Waals surface area contributed by atoms with Crippen LogP contribution in [0.25, 0.3) is 0 Å². The van der Waals surface area contributed by atoms with Crippen LogP contribution in [0.5, 0.6) is 0 Å². The van der Waals surface area contributed by atoms with Gasteiger partial charge < -0.3 is 10.4 Å². The highest BCUT2D eigenvalue weighted by Crippen LogP contribution is 2.27. The molecule has 0 aliphatic carbocycles. The fraction of sp³-hybridized carbons (Fsp3) is 0.625. The normalized spacial score (nSPS) is 19.3. The van der Waals surface area contributed by atoms with Crippen molar-refractivity contribution in [2.24, 2.45) is 0 Å². The molecule has 1 aromatic carbocycles. The van der Waals surface area contributed by atoms with Crippen molar-refractivity contribution >= 4 is 11.8 Å². The van der Waals surface area contributed by atoms with E-state index in [-0.39, 0.29) is 5.41 Å². The van der Waals surface area contributed by atoms with E-state index in [2.05, 4.69) is 49.5 Å². The summed E-state index contributed by atoms with van der Waals surface area (Å²) >= 11 is 1.95. The minimum atomic E-state index is -0.488. The molecule has 0 atom stereocenters. The summed E-state index contributed by atoms with van der Waals surface area (Å²) in [6.07, 6.45) is 1.83. The van der Waals surface area contributed by atoms with E-state index in [1.54, 1.807) is 0 Å². The van der Waals surface area contributed by atoms with Gasteiger partial charge in [-0.1, -0.05) is 44.2 Å². The van der Waals surface area contributed by atoms with E-state index in [9.17, 15) is 5.11 Å². The lowest BCUT2D eigenvalue weighted by atomic mass is 9.84. The second-order valence-electron chi connectivity index (χ2n) is 6.19. The van der Waals surface area contributed by atoms with E-state index >= 15 is 0 Å². The molecule has 0 bridgehead atoms. The van der Waals surface area contributed by atoms with Crippen molar-refractivity contribution in [1.29, 1.82) is 0 Å². The van der Waals surface area contributed by atoms with E-state index < -0.39 is 5.60 Å². The Morgan fingerprint density at radius 2 is 1.84 bits per heavy atom. The fourth-order valence-corrected chi connectivity index (χ4v) is 3.78. The van der Waals surface area contributed by atoms with E-state index in [1.165, 1.54) is 5.56 Å². The van der Waals surface area contributed by atoms with Crippen molar-refractivity contribution in [1.82, 2.24) is 5.32 Å². The quantitative estimate of drug-likeness (QED) is 0.869. The maximum Gasteiger partial charge on any atom is 0.0787 e. The predicted molar refractivity (Wildman–Crippen MR) is 83.8 cm³/mol. The highest BCUT2D eigenvalue weighted by Gasteiger charge is 2.30. The van der Waals surface area contributed by atoms with Gasteiger partial charge in [0, 0.05) is 18.5 Å². The molecule has 0 unspecified atom stereocenters. The van der Waals surface area contributed by atoms with Gasteiger partial charge in [-0.15, -0.1) is 0 Å². The second kappa shape index (κ2) is 6.29. The number of rotatable bonds is 5. The zero-order valence-corrected chi connectivity index (χ0v) is 12.8. The molecule has 0 amide bonds. The van der Waals surface area contributed by atoms with Crippen molar-refractivity contribution in [2.75, 3.05) is 24.6 Å². The van der Waals surface area contributed by atoms with E-state index in [1.807, 2.05) is 11.8 Å². The number of thioether (sulfide) groups is 1. The van der Waals surface area contributed by atoms with Crippen LogP contribution in [0.4, 0.5) is 0 Å². The third-order valence-corrected chi connectivity index (χ3v) is 4.99. The van der Waals surface area contributed by atoms with Crippen LogP contribution in [0.3, 0.4) is 0 Å². The second-order valence-corrected chi connectivity index (χ2v) is 7.41. The molecule has 2 N–H and O–H groups in total. The first-order valence-corrected chi connectivity index (χ1v) is 8.24. The number of nitrogens with one attached hydrogen (secondary N) is 1. The minimum absolute atomic E-state index is 0.0983. The van der Waals surface area contributed by atoms with Crippen molar-refractivity contribution in [3.8, 4) is 0 Å². The topological polar surface area (TPSA) is 32.3 Å². The van der Waals surface area contributed by atoms with Crippen LogP contribution in [0.15, 0.2) is 30.3 Å². The lowest BCUT2D eigenvalue weighted by Crippen LogP contribution is -2.46. The van der Waals surface area contributed by atoms with Gasteiger partial charge in [0.05, 0.1) is 5.60 Å². The molecule has 1 fully saturated rings. The van der Waals surface area contributed by atoms with E-state index in [0.29, 0.717) is 6.54 Å². The molecule has 3 heteroatoms. The summed E-state index contributed by atoms with van der Waals surface area (Å²) in [5.41, 5.74) is 0.952. The first-order chi connectivity index (χ1) is 9.02. The van der Waals surface area contributed by atoms with Crippen molar-refractivity contribution in [2.45, 2.75) is 37.7 Å². The number of hydrogen-bond donors (Lipinski definition) is 2. The van der Waals surface area contributed by atoms with Gasteiger partial charge in [-0.3, -0.25) is 0 Å². The first kappa shape index (κ1) is 14.9. The SMILES string of the molecule is CC(C)(CNCC1(O)CCSCC1)c1ccccc1. The molecule has 0 radical (unpaired) electrons. The molecule has 2 rings (SSSR count). The van der Waals surface area contributed by atoms with Gasteiger partial charge in [0.15, 0.2) is 0 Å². The molecule has 0 saturated carbocycles. The summed E-state index contributed by atoms with van der Waals surface area (Å²) in [6.45, 7) is 6.10. The third-order valence-electron chi connectivity index (χ3n) is 4.00. The molecule has 106 valence electrons. The highest BCUT2D eigenvalue weighted by atomic mass is 32.2. The lowest BCUT2D eigenvalue weighted by Gasteiger charge is -2.34. The Bertz CT molecular complexity index is 385. The third kappa shape index (κ3) is 4.23. The summed E-state index contributed by atoms with van der Waals surface area (Å²) in [5.74, 6) is 2.17. The van der Waals surface area contributed by atoms with Crippen LogP contribution in [-0.2, 0) is 5.41 Å². The first-order valence-electron chi connectivity index (χ1n) is 7.08. The molecular formula is C16H25NOS. The zero-order valence-electron chi connectivity index (χ0n) is 12.0. The van der Waals surface area contributed by atoms with Gasteiger partial charge in [-0.25, -0.2) is 0 Å². The fourth-order valence-electron chi connectivity index (χ4n) is 2.53. The van der Waals surface area contributed by atoms with Gasteiger partial charge in [0.2, 0.25) is 0 Å². The van der Waals surface area contributed by atoms with E-state index in [4.69, 9.17) is 0 Å². The Balaban J connectivity index is 1.84. The molecule has 2 nitrogen and oxygen atoms in total. The number of aliphatic hydroxyl groups is 1. The predicted octanol–water partition coefficient (Wildman–Crippen LogP) is 2.81. The summed E-state index contributed by atoms with van der Waals surface area (Å²) in [4.78, 5) is 0. The maximum atomic E-state index is 10.5. The monoisotopic (exact) mass is 279 g/mol. The molecular weight excluding hydrogens is 254 g/mol. The molecule has 0 spiro atoms. The van der Waals surface area contributed by atoms with Crippen molar-refractivity contribution < 1.29 is 5.11 Å². The average molecular weight is 279 g/mol. The van der Waals surface area contributed by atoms with Gasteiger partial charge in [0.25, 0.3) is 0 Å². The molecule has 19 heavy (non-hydrogen) atoms. The Morgan fingerprint density at radius 1 is 1.21 bits per heavy atom. The summed E-state index contributed by atoms with van der Waals surface area (Å²) < 4.78 is 0. The van der Waals surface area contributed by atoms with Crippen LogP contribution in [0, 0.1) is 0 Å². The standard InChI is InChI=1S/C16H25NOS/c1-15(2,14-6-4-3-5-7-14)12-17-13-16(18)8-10-19-11-9-16/h3-7,17-18H,8-13H2,1-2H3. The highest BCUT2D eigenvalue weighted by molar-refractivity contribution is 7.99. The average Bonchev–Trinajstić information content (AvgIpc) is 2.40. The summed E-state index contributed by atoms with van der Waals surface area (Å²) in [6, 6.07) is 10.6. The van der Waals surface area contributed by atoms with Crippen LogP contribution in [0.1, 0.15) is 32.3 Å². The zero-order chi connectivity index (χ0) is 13.8. The van der Waals surface area contributed by atoms with Crippen LogP contribution in [-0.4, -0.2) is 35.3 Å². The minimum Gasteiger partial charge on any atom is -0.389 e. The Labute approximate surface area is 121 Å². The van der Waals surface area contributed by atoms with Gasteiger partial charge >= 0.3 is 0 Å². The smallest absolute Gasteiger partial charge is 0.0787 e. The summed E-state index contributed by atoms with van der Waals surface area (Å²) in [5, 5.41) is 13.9. The number of benzene rings is 1. The molecule has 1 saturated heterocycles. The largest absolute Gasteiger partial charge is 0.389 e.